The topological polar surface area (TPSA) is 35.6 Å². The fourth-order valence-electron chi connectivity index (χ4n) is 3.11. The minimum absolute atomic E-state index is 0.0229. The molecule has 2 amide bonds. The van der Waals surface area contributed by atoms with Crippen molar-refractivity contribution in [1.29, 1.82) is 0 Å². The Morgan fingerprint density at radius 1 is 1.13 bits per heavy atom. The lowest BCUT2D eigenvalue weighted by molar-refractivity contribution is 0.0774. The third kappa shape index (κ3) is 4.25. The molecule has 1 aliphatic heterocycles. The molecular weight excluding hydrogens is 286 g/mol. The predicted octanol–water partition coefficient (Wildman–Crippen LogP) is 4.07. The zero-order valence-corrected chi connectivity index (χ0v) is 15.4. The summed E-state index contributed by atoms with van der Waals surface area (Å²) >= 11 is 0. The van der Waals surface area contributed by atoms with E-state index in [1.54, 1.807) is 0 Å². The first-order chi connectivity index (χ1) is 10.7. The number of amides is 2. The molecule has 4 nitrogen and oxygen atoms in total. The van der Waals surface area contributed by atoms with Gasteiger partial charge in [0.15, 0.2) is 0 Å². The molecule has 128 valence electrons. The maximum atomic E-state index is 12.6. The van der Waals surface area contributed by atoms with Crippen LogP contribution in [0.4, 0.5) is 10.5 Å². The quantitative estimate of drug-likeness (QED) is 0.892. The van der Waals surface area contributed by atoms with Gasteiger partial charge in [-0.2, -0.15) is 0 Å². The molecule has 4 heteroatoms. The molecule has 0 unspecified atom stereocenters. The number of nitrogens with one attached hydrogen (secondary N) is 1. The number of carbonyl (C=O) groups excluding carboxylic acids is 1. The molecule has 2 rings (SSSR count). The molecular formula is C19H31N3O. The first kappa shape index (κ1) is 17.8. The van der Waals surface area contributed by atoms with Gasteiger partial charge in [0, 0.05) is 37.4 Å². The maximum absolute atomic E-state index is 12.6. The standard InChI is InChI=1S/C19H31N3O/c1-14(2)16-9-7-8-15(3)17(16)20-18(23)21-10-12-22(13-11-21)19(4,5)6/h7-9,14H,10-13H2,1-6H3,(H,20,23). The molecule has 0 atom stereocenters. The number of aryl methyl sites for hydroxylation is 1. The Morgan fingerprint density at radius 2 is 1.74 bits per heavy atom. The molecule has 0 bridgehead atoms. The van der Waals surface area contributed by atoms with Gasteiger partial charge in [-0.1, -0.05) is 32.0 Å². The van der Waals surface area contributed by atoms with E-state index >= 15 is 0 Å². The lowest BCUT2D eigenvalue weighted by atomic mass is 9.98. The third-order valence-electron chi connectivity index (χ3n) is 4.67. The van der Waals surface area contributed by atoms with Gasteiger partial charge in [0.2, 0.25) is 0 Å². The fraction of sp³-hybridized carbons (Fsp3) is 0.632. The number of anilines is 1. The molecule has 0 spiro atoms. The van der Waals surface area contributed by atoms with Crippen molar-refractivity contribution in [3.63, 3.8) is 0 Å². The highest BCUT2D eigenvalue weighted by Gasteiger charge is 2.28. The van der Waals surface area contributed by atoms with Crippen molar-refractivity contribution in [2.75, 3.05) is 31.5 Å². The van der Waals surface area contributed by atoms with Crippen molar-refractivity contribution in [2.45, 2.75) is 53.0 Å². The summed E-state index contributed by atoms with van der Waals surface area (Å²) in [6.07, 6.45) is 0. The van der Waals surface area contributed by atoms with Crippen LogP contribution in [-0.2, 0) is 0 Å². The Morgan fingerprint density at radius 3 is 2.26 bits per heavy atom. The summed E-state index contributed by atoms with van der Waals surface area (Å²) < 4.78 is 0. The van der Waals surface area contributed by atoms with Crippen molar-refractivity contribution in [3.8, 4) is 0 Å². The Balaban J connectivity index is 2.04. The Hall–Kier alpha value is -1.55. The van der Waals surface area contributed by atoms with E-state index in [1.165, 1.54) is 5.56 Å². The van der Waals surface area contributed by atoms with E-state index in [1.807, 2.05) is 4.90 Å². The number of piperazine rings is 1. The number of benzene rings is 1. The Labute approximate surface area is 140 Å². The van der Waals surface area contributed by atoms with Crippen LogP contribution in [0.5, 0.6) is 0 Å². The zero-order chi connectivity index (χ0) is 17.2. The van der Waals surface area contributed by atoms with Crippen molar-refractivity contribution in [1.82, 2.24) is 9.80 Å². The van der Waals surface area contributed by atoms with Gasteiger partial charge in [-0.25, -0.2) is 4.79 Å². The summed E-state index contributed by atoms with van der Waals surface area (Å²) in [7, 11) is 0. The molecule has 1 saturated heterocycles. The summed E-state index contributed by atoms with van der Waals surface area (Å²) in [5, 5.41) is 3.15. The van der Waals surface area contributed by atoms with Crippen LogP contribution >= 0.6 is 0 Å². The van der Waals surface area contributed by atoms with E-state index in [0.717, 1.165) is 37.4 Å². The lowest BCUT2D eigenvalue weighted by Crippen LogP contribution is -2.55. The van der Waals surface area contributed by atoms with Gasteiger partial charge < -0.3 is 10.2 Å². The van der Waals surface area contributed by atoms with Crippen LogP contribution in [0.2, 0.25) is 0 Å². The average Bonchev–Trinajstić information content (AvgIpc) is 2.48. The van der Waals surface area contributed by atoms with Crippen LogP contribution in [-0.4, -0.2) is 47.5 Å². The second-order valence-corrected chi connectivity index (χ2v) is 7.77. The van der Waals surface area contributed by atoms with Crippen molar-refractivity contribution in [3.05, 3.63) is 29.3 Å². The van der Waals surface area contributed by atoms with E-state index in [2.05, 4.69) is 70.0 Å². The summed E-state index contributed by atoms with van der Waals surface area (Å²) in [5.41, 5.74) is 3.47. The number of carbonyl (C=O) groups is 1. The monoisotopic (exact) mass is 317 g/mol. The zero-order valence-electron chi connectivity index (χ0n) is 15.4. The second kappa shape index (κ2) is 6.91. The van der Waals surface area contributed by atoms with Crippen molar-refractivity contribution >= 4 is 11.7 Å². The first-order valence-electron chi connectivity index (χ1n) is 8.60. The van der Waals surface area contributed by atoms with Gasteiger partial charge in [-0.15, -0.1) is 0 Å². The SMILES string of the molecule is Cc1cccc(C(C)C)c1NC(=O)N1CCN(C(C)(C)C)CC1. The first-order valence-corrected chi connectivity index (χ1v) is 8.60. The van der Waals surface area contributed by atoms with Crippen LogP contribution < -0.4 is 5.32 Å². The van der Waals surface area contributed by atoms with Gasteiger partial charge in [-0.3, -0.25) is 4.90 Å². The minimum Gasteiger partial charge on any atom is -0.322 e. The van der Waals surface area contributed by atoms with E-state index in [4.69, 9.17) is 0 Å². The normalized spacial score (nSPS) is 16.7. The van der Waals surface area contributed by atoms with Crippen LogP contribution in [0.15, 0.2) is 18.2 Å². The smallest absolute Gasteiger partial charge is 0.321 e. The number of para-hydroxylation sites is 1. The molecule has 0 aromatic heterocycles. The van der Waals surface area contributed by atoms with Crippen LogP contribution in [0.1, 0.15) is 51.7 Å². The summed E-state index contributed by atoms with van der Waals surface area (Å²) in [5.74, 6) is 0.392. The highest BCUT2D eigenvalue weighted by molar-refractivity contribution is 5.91. The van der Waals surface area contributed by atoms with Gasteiger partial charge in [-0.05, 0) is 44.7 Å². The second-order valence-electron chi connectivity index (χ2n) is 7.77. The number of rotatable bonds is 2. The number of urea groups is 1. The molecule has 23 heavy (non-hydrogen) atoms. The molecule has 0 saturated carbocycles. The van der Waals surface area contributed by atoms with E-state index in [0.29, 0.717) is 5.92 Å². The molecule has 0 aliphatic carbocycles. The van der Waals surface area contributed by atoms with E-state index < -0.39 is 0 Å². The molecule has 0 radical (unpaired) electrons. The van der Waals surface area contributed by atoms with Crippen LogP contribution in [0, 0.1) is 6.92 Å². The summed E-state index contributed by atoms with van der Waals surface area (Å²) in [6.45, 7) is 16.5. The van der Waals surface area contributed by atoms with E-state index in [9.17, 15) is 4.79 Å². The van der Waals surface area contributed by atoms with Crippen molar-refractivity contribution < 1.29 is 4.79 Å². The molecule has 1 aromatic rings. The Bertz CT molecular complexity index is 552. The molecule has 1 N–H and O–H groups in total. The van der Waals surface area contributed by atoms with Gasteiger partial charge >= 0.3 is 6.03 Å². The van der Waals surface area contributed by atoms with Gasteiger partial charge in [0.1, 0.15) is 0 Å². The number of hydrogen-bond acceptors (Lipinski definition) is 2. The fourth-order valence-corrected chi connectivity index (χ4v) is 3.11. The largest absolute Gasteiger partial charge is 0.322 e. The van der Waals surface area contributed by atoms with Crippen molar-refractivity contribution in [2.24, 2.45) is 0 Å². The number of hydrogen-bond donors (Lipinski definition) is 1. The lowest BCUT2D eigenvalue weighted by Gasteiger charge is -2.42. The average molecular weight is 317 g/mol. The van der Waals surface area contributed by atoms with Gasteiger partial charge in [0.25, 0.3) is 0 Å². The Kier molecular flexibility index (Phi) is 5.35. The minimum atomic E-state index is 0.0229. The third-order valence-corrected chi connectivity index (χ3v) is 4.67. The summed E-state index contributed by atoms with van der Waals surface area (Å²) in [6, 6.07) is 6.24. The molecule has 1 aromatic carbocycles. The van der Waals surface area contributed by atoms with Crippen LogP contribution in [0.3, 0.4) is 0 Å². The highest BCUT2D eigenvalue weighted by Crippen LogP contribution is 2.28. The highest BCUT2D eigenvalue weighted by atomic mass is 16.2. The maximum Gasteiger partial charge on any atom is 0.321 e. The predicted molar refractivity (Wildman–Crippen MR) is 97.2 cm³/mol. The molecule has 1 heterocycles. The molecule has 1 fully saturated rings. The van der Waals surface area contributed by atoms with Crippen LogP contribution in [0.25, 0.3) is 0 Å². The van der Waals surface area contributed by atoms with E-state index in [-0.39, 0.29) is 11.6 Å². The summed E-state index contributed by atoms with van der Waals surface area (Å²) in [4.78, 5) is 17.0. The van der Waals surface area contributed by atoms with Gasteiger partial charge in [0.05, 0.1) is 0 Å². The molecule has 1 aliphatic rings. The number of nitrogens with zero attached hydrogens (tertiary/aromatic N) is 2.